The zero-order valence-corrected chi connectivity index (χ0v) is 12.9. The predicted octanol–water partition coefficient (Wildman–Crippen LogP) is 1.81. The van der Waals surface area contributed by atoms with Gasteiger partial charge in [0.25, 0.3) is 18.1 Å². The van der Waals surface area contributed by atoms with Gasteiger partial charge in [0.1, 0.15) is 4.90 Å². The first kappa shape index (κ1) is 16.2. The van der Waals surface area contributed by atoms with Crippen molar-refractivity contribution in [1.82, 2.24) is 0 Å². The van der Waals surface area contributed by atoms with Crippen LogP contribution in [-0.4, -0.2) is 22.7 Å². The number of amides is 1. The molecule has 0 radical (unpaired) electrons. The summed E-state index contributed by atoms with van der Waals surface area (Å²) in [6.45, 7) is 2.58. The predicted molar refractivity (Wildman–Crippen MR) is 71.6 cm³/mol. The molecule has 0 aliphatic carbocycles. The van der Waals surface area contributed by atoms with Crippen molar-refractivity contribution >= 4 is 51.1 Å². The van der Waals surface area contributed by atoms with Crippen LogP contribution in [0.15, 0.2) is 21.9 Å². The third kappa shape index (κ3) is 4.07. The SMILES string of the molecule is CC(=O)Nc1cc(C)c(S(=O)(=O)Cl)cc1S(=O)(=O)Cl. The van der Waals surface area contributed by atoms with Gasteiger partial charge in [-0.3, -0.25) is 4.79 Å². The number of benzene rings is 1. The number of halogens is 2. The van der Waals surface area contributed by atoms with Crippen LogP contribution in [0.4, 0.5) is 5.69 Å². The lowest BCUT2D eigenvalue weighted by atomic mass is 10.2. The average molecular weight is 346 g/mol. The minimum absolute atomic E-state index is 0.107. The minimum Gasteiger partial charge on any atom is -0.325 e. The standard InChI is InChI=1S/C9H9Cl2NO5S2/c1-5-3-7(12-6(2)13)9(19(11,16)17)4-8(5)18(10,14)15/h3-4H,1-2H3,(H,12,13). The molecule has 0 fully saturated rings. The van der Waals surface area contributed by atoms with Crippen LogP contribution in [0.5, 0.6) is 0 Å². The molecule has 0 spiro atoms. The van der Waals surface area contributed by atoms with Crippen LogP contribution in [0.1, 0.15) is 12.5 Å². The molecule has 0 saturated heterocycles. The molecule has 1 amide bonds. The molecule has 1 aromatic rings. The van der Waals surface area contributed by atoms with E-state index in [1.807, 2.05) is 0 Å². The van der Waals surface area contributed by atoms with Crippen molar-refractivity contribution in [1.29, 1.82) is 0 Å². The minimum atomic E-state index is -4.24. The van der Waals surface area contributed by atoms with Gasteiger partial charge in [-0.2, -0.15) is 0 Å². The molecule has 0 unspecified atom stereocenters. The Morgan fingerprint density at radius 1 is 1.05 bits per heavy atom. The smallest absolute Gasteiger partial charge is 0.263 e. The lowest BCUT2D eigenvalue weighted by Crippen LogP contribution is -2.11. The molecule has 10 heteroatoms. The maximum absolute atomic E-state index is 11.4. The van der Waals surface area contributed by atoms with E-state index >= 15 is 0 Å². The second-order valence-corrected chi connectivity index (χ2v) is 8.74. The van der Waals surface area contributed by atoms with Crippen molar-refractivity contribution in [3.63, 3.8) is 0 Å². The van der Waals surface area contributed by atoms with Gasteiger partial charge in [0.2, 0.25) is 5.91 Å². The fourth-order valence-electron chi connectivity index (χ4n) is 1.42. The summed E-state index contributed by atoms with van der Waals surface area (Å²) in [6.07, 6.45) is 0. The van der Waals surface area contributed by atoms with Crippen LogP contribution >= 0.6 is 21.4 Å². The Kier molecular flexibility index (Phi) is 4.51. The van der Waals surface area contributed by atoms with Crippen molar-refractivity contribution in [2.45, 2.75) is 23.6 Å². The lowest BCUT2D eigenvalue weighted by molar-refractivity contribution is -0.114. The van der Waals surface area contributed by atoms with Crippen molar-refractivity contribution in [3.05, 3.63) is 17.7 Å². The van der Waals surface area contributed by atoms with Crippen LogP contribution in [0.3, 0.4) is 0 Å². The Balaban J connectivity index is 3.70. The zero-order chi connectivity index (χ0) is 15.0. The number of anilines is 1. The Morgan fingerprint density at radius 3 is 1.89 bits per heavy atom. The Labute approximate surface area is 119 Å². The van der Waals surface area contributed by atoms with Gasteiger partial charge in [0, 0.05) is 28.3 Å². The number of carbonyl (C=O) groups is 1. The number of carbonyl (C=O) groups excluding carboxylic acids is 1. The van der Waals surface area contributed by atoms with Crippen molar-refractivity contribution in [2.75, 3.05) is 5.32 Å². The van der Waals surface area contributed by atoms with Gasteiger partial charge < -0.3 is 5.32 Å². The Bertz CT molecular complexity index is 740. The number of nitrogens with one attached hydrogen (secondary N) is 1. The van der Waals surface area contributed by atoms with Gasteiger partial charge in [-0.15, -0.1) is 0 Å². The first-order valence-corrected chi connectivity index (χ1v) is 9.36. The molecule has 106 valence electrons. The number of hydrogen-bond donors (Lipinski definition) is 1. The second kappa shape index (κ2) is 5.28. The molecule has 0 aliphatic rings. The molecule has 0 heterocycles. The van der Waals surface area contributed by atoms with Gasteiger partial charge in [0.15, 0.2) is 0 Å². The van der Waals surface area contributed by atoms with E-state index in [-0.39, 0.29) is 16.1 Å². The zero-order valence-electron chi connectivity index (χ0n) is 9.77. The summed E-state index contributed by atoms with van der Waals surface area (Å²) in [5, 5.41) is 2.26. The first-order valence-electron chi connectivity index (χ1n) is 4.74. The number of rotatable bonds is 3. The topological polar surface area (TPSA) is 97.4 Å². The van der Waals surface area contributed by atoms with Crippen LogP contribution < -0.4 is 5.32 Å². The maximum Gasteiger partial charge on any atom is 0.263 e. The monoisotopic (exact) mass is 345 g/mol. The van der Waals surface area contributed by atoms with Gasteiger partial charge in [-0.1, -0.05) is 0 Å². The summed E-state index contributed by atoms with van der Waals surface area (Å²) < 4.78 is 45.4. The summed E-state index contributed by atoms with van der Waals surface area (Å²) in [4.78, 5) is 10.1. The highest BCUT2D eigenvalue weighted by atomic mass is 35.7. The van der Waals surface area contributed by atoms with E-state index in [0.29, 0.717) is 0 Å². The quantitative estimate of drug-likeness (QED) is 0.842. The van der Waals surface area contributed by atoms with E-state index in [2.05, 4.69) is 5.32 Å². The summed E-state index contributed by atoms with van der Waals surface area (Å²) >= 11 is 0. The Hall–Kier alpha value is -0.830. The van der Waals surface area contributed by atoms with E-state index in [1.54, 1.807) is 0 Å². The molecule has 1 N–H and O–H groups in total. The highest BCUT2D eigenvalue weighted by Crippen LogP contribution is 2.31. The summed E-state index contributed by atoms with van der Waals surface area (Å²) in [5.41, 5.74) is 0.0758. The Morgan fingerprint density at radius 2 is 1.53 bits per heavy atom. The van der Waals surface area contributed by atoms with Crippen LogP contribution in [0.2, 0.25) is 0 Å². The van der Waals surface area contributed by atoms with Gasteiger partial charge in [0.05, 0.1) is 10.6 Å². The summed E-state index contributed by atoms with van der Waals surface area (Å²) in [5.74, 6) is -0.526. The van der Waals surface area contributed by atoms with Gasteiger partial charge in [-0.05, 0) is 24.6 Å². The molecular formula is C9H9Cl2NO5S2. The highest BCUT2D eigenvalue weighted by Gasteiger charge is 2.23. The molecular weight excluding hydrogens is 337 g/mol. The van der Waals surface area contributed by atoms with Crippen molar-refractivity contribution in [2.24, 2.45) is 0 Å². The fraction of sp³-hybridized carbons (Fsp3) is 0.222. The molecule has 19 heavy (non-hydrogen) atoms. The first-order chi connectivity index (χ1) is 8.43. The maximum atomic E-state index is 11.4. The molecule has 0 atom stereocenters. The van der Waals surface area contributed by atoms with E-state index in [0.717, 1.165) is 6.07 Å². The van der Waals surface area contributed by atoms with Crippen LogP contribution in [-0.2, 0) is 22.9 Å². The van der Waals surface area contributed by atoms with E-state index < -0.39 is 28.9 Å². The molecule has 0 aliphatic heterocycles. The van der Waals surface area contributed by atoms with E-state index in [4.69, 9.17) is 21.4 Å². The lowest BCUT2D eigenvalue weighted by Gasteiger charge is -2.11. The van der Waals surface area contributed by atoms with Crippen LogP contribution in [0, 0.1) is 6.92 Å². The third-order valence-corrected chi connectivity index (χ3v) is 4.94. The molecule has 0 saturated carbocycles. The molecule has 0 aromatic heterocycles. The normalized spacial score (nSPS) is 12.2. The van der Waals surface area contributed by atoms with Crippen LogP contribution in [0.25, 0.3) is 0 Å². The second-order valence-electron chi connectivity index (χ2n) is 3.67. The van der Waals surface area contributed by atoms with E-state index in [1.165, 1.54) is 19.9 Å². The summed E-state index contributed by atoms with van der Waals surface area (Å²) in [6, 6.07) is 1.98. The van der Waals surface area contributed by atoms with Gasteiger partial charge in [-0.25, -0.2) is 16.8 Å². The third-order valence-electron chi connectivity index (χ3n) is 2.11. The molecule has 6 nitrogen and oxygen atoms in total. The number of hydrogen-bond acceptors (Lipinski definition) is 5. The van der Waals surface area contributed by atoms with Crippen molar-refractivity contribution < 1.29 is 21.6 Å². The fourth-order valence-corrected chi connectivity index (χ4v) is 3.71. The molecule has 1 aromatic carbocycles. The molecule has 1 rings (SSSR count). The van der Waals surface area contributed by atoms with Crippen molar-refractivity contribution in [3.8, 4) is 0 Å². The number of aryl methyl sites for hydroxylation is 1. The van der Waals surface area contributed by atoms with E-state index in [9.17, 15) is 21.6 Å². The average Bonchev–Trinajstić information content (AvgIpc) is 2.11. The molecule has 0 bridgehead atoms. The largest absolute Gasteiger partial charge is 0.325 e. The highest BCUT2D eigenvalue weighted by molar-refractivity contribution is 8.14. The van der Waals surface area contributed by atoms with Gasteiger partial charge >= 0.3 is 0 Å². The summed E-state index contributed by atoms with van der Waals surface area (Å²) in [7, 11) is 2.03.